The highest BCUT2D eigenvalue weighted by Gasteiger charge is 2.22. The lowest BCUT2D eigenvalue weighted by molar-refractivity contribution is 0.0689. The molecule has 0 unspecified atom stereocenters. The number of imidazole rings is 1. The van der Waals surface area contributed by atoms with Crippen LogP contribution in [0.1, 0.15) is 77.4 Å². The number of nitrogen functional groups attached to an aromatic ring is 1. The lowest BCUT2D eigenvalue weighted by Gasteiger charge is -2.27. The number of rotatable bonds is 22. The van der Waals surface area contributed by atoms with Crippen molar-refractivity contribution >= 4 is 70.7 Å². The lowest BCUT2D eigenvalue weighted by Crippen LogP contribution is -2.39. The molecule has 0 fully saturated rings. The molecule has 0 saturated heterocycles. The fraction of sp³-hybridized carbons (Fsp3) is 0.289. The van der Waals surface area contributed by atoms with Crippen molar-refractivity contribution in [2.45, 2.75) is 53.9 Å². The van der Waals surface area contributed by atoms with Crippen LogP contribution in [0.4, 0.5) is 23.0 Å². The van der Waals surface area contributed by atoms with Crippen LogP contribution >= 0.6 is 0 Å². The van der Waals surface area contributed by atoms with Gasteiger partial charge in [-0.15, -0.1) is 0 Å². The summed E-state index contributed by atoms with van der Waals surface area (Å²) in [7, 11) is 3.15. The second-order valence-electron chi connectivity index (χ2n) is 14.8. The summed E-state index contributed by atoms with van der Waals surface area (Å²) in [6.45, 7) is 13.3. The van der Waals surface area contributed by atoms with E-state index in [2.05, 4.69) is 42.6 Å². The molecular weight excluding hydrogens is 879 g/mol. The van der Waals surface area contributed by atoms with Crippen LogP contribution in [0, 0.1) is 13.8 Å². The minimum absolute atomic E-state index is 0.00239. The number of hydrogen-bond acceptors (Lipinski definition) is 15. The highest BCUT2D eigenvalue weighted by molar-refractivity contribution is 5.99. The van der Waals surface area contributed by atoms with E-state index in [1.807, 2.05) is 37.5 Å². The summed E-state index contributed by atoms with van der Waals surface area (Å²) in [5, 5.41) is 27.7. The standard InChI is InChI=1S/C38H45N13O7.C7H10N2O/c1-6-51-28(15-22(2)46-51)36(54)44-21-48(32-26(42-3)16-23(34(40)52)18-29(32)57-5)11-7-8-13-50-33-27(45-38(50)43-4)17-24(35(41)53)19-30(33)58-14-10-9-12-49-20-25(39)31(47-49)37(55)56;1-3-9-7(5-10)4-6(2)8-9/h7-10,15-20H,3,6,11-14,21,39H2,1-2,4-5H3,(H2,40,52)(H2,41,53)(H,43,45)(H,44,54)(H,55,56);4-5H,3H2,1-2H3/b8-7+,10-9+;. The number of hydrogen-bond donors (Lipinski definition) is 6. The second-order valence-corrected chi connectivity index (χ2v) is 14.8. The van der Waals surface area contributed by atoms with Gasteiger partial charge in [-0.05, 0) is 76.9 Å². The Kier molecular flexibility index (Phi) is 16.9. The molecule has 23 heteroatoms. The molecule has 2 aromatic carbocycles. The first-order chi connectivity index (χ1) is 32.6. The van der Waals surface area contributed by atoms with Gasteiger partial charge in [0.1, 0.15) is 40.7 Å². The number of aromatic carboxylic acids is 1. The highest BCUT2D eigenvalue weighted by Crippen LogP contribution is 2.39. The number of aldehydes is 1. The van der Waals surface area contributed by atoms with Crippen LogP contribution in [0.25, 0.3) is 11.0 Å². The lowest BCUT2D eigenvalue weighted by atomic mass is 10.1. The number of allylic oxidation sites excluding steroid dienone is 2. The third-order valence-electron chi connectivity index (χ3n) is 10.1. The van der Waals surface area contributed by atoms with Gasteiger partial charge < -0.3 is 51.9 Å². The monoisotopic (exact) mass is 933 g/mol. The van der Waals surface area contributed by atoms with Crippen molar-refractivity contribution in [3.8, 4) is 11.5 Å². The van der Waals surface area contributed by atoms with Crippen LogP contribution in [0.2, 0.25) is 0 Å². The number of aryl methyl sites for hydroxylation is 4. The Bertz CT molecular complexity index is 2890. The smallest absolute Gasteiger partial charge is 0.358 e. The molecule has 0 atom stereocenters. The summed E-state index contributed by atoms with van der Waals surface area (Å²) in [5.41, 5.74) is 21.6. The Balaban J connectivity index is 0.000000765. The summed E-state index contributed by atoms with van der Waals surface area (Å²) in [5.74, 6) is -1.82. The molecule has 9 N–H and O–H groups in total. The van der Waals surface area contributed by atoms with Crippen molar-refractivity contribution < 1.29 is 38.6 Å². The zero-order valence-corrected chi connectivity index (χ0v) is 38.6. The average molecular weight is 934 g/mol. The van der Waals surface area contributed by atoms with Crippen LogP contribution in [0.15, 0.2) is 71.9 Å². The number of fused-ring (bicyclic) bond motifs is 1. The quantitative estimate of drug-likeness (QED) is 0.0245. The van der Waals surface area contributed by atoms with Gasteiger partial charge in [-0.2, -0.15) is 15.3 Å². The molecule has 4 heterocycles. The van der Waals surface area contributed by atoms with Crippen LogP contribution in [-0.2, 0) is 26.2 Å². The summed E-state index contributed by atoms with van der Waals surface area (Å²) in [6, 6.07) is 9.58. The van der Waals surface area contributed by atoms with Crippen molar-refractivity contribution in [1.29, 1.82) is 0 Å². The Hall–Kier alpha value is -8.76. The van der Waals surface area contributed by atoms with Crippen LogP contribution in [0.3, 0.4) is 0 Å². The molecule has 0 saturated carbocycles. The molecule has 0 radical (unpaired) electrons. The van der Waals surface area contributed by atoms with Gasteiger partial charge in [0.15, 0.2) is 12.0 Å². The van der Waals surface area contributed by atoms with E-state index in [1.165, 1.54) is 36.2 Å². The number of carboxylic acids is 1. The molecular formula is C45H55N15O8. The fourth-order valence-electron chi connectivity index (χ4n) is 7.02. The fourth-order valence-corrected chi connectivity index (χ4v) is 7.02. The summed E-state index contributed by atoms with van der Waals surface area (Å²) >= 11 is 0. The number of aliphatic imine (C=N–C) groups is 1. The third kappa shape index (κ3) is 11.9. The molecule has 4 aromatic heterocycles. The van der Waals surface area contributed by atoms with E-state index in [-0.39, 0.29) is 67.1 Å². The number of carbonyl (C=O) groups excluding carboxylic acids is 4. The van der Waals surface area contributed by atoms with Crippen molar-refractivity contribution in [3.05, 3.63) is 106 Å². The van der Waals surface area contributed by atoms with Gasteiger partial charge in [0.05, 0.1) is 48.6 Å². The van der Waals surface area contributed by atoms with E-state index in [0.29, 0.717) is 57.7 Å². The van der Waals surface area contributed by atoms with Gasteiger partial charge in [0.25, 0.3) is 5.91 Å². The molecule has 6 aromatic rings. The van der Waals surface area contributed by atoms with Gasteiger partial charge in [0, 0.05) is 50.6 Å². The normalized spacial score (nSPS) is 11.1. The molecule has 358 valence electrons. The first-order valence-electron chi connectivity index (χ1n) is 21.1. The molecule has 0 aliphatic heterocycles. The number of benzene rings is 2. The Morgan fingerprint density at radius 1 is 0.897 bits per heavy atom. The number of primary amides is 2. The van der Waals surface area contributed by atoms with Crippen LogP contribution < -0.4 is 42.2 Å². The number of nitrogens with one attached hydrogen (secondary N) is 2. The second kappa shape index (κ2) is 22.9. The summed E-state index contributed by atoms with van der Waals surface area (Å²) in [6.07, 6.45) is 9.43. The number of carboxylic acid groups (broad SMARTS) is 1. The Labute approximate surface area is 390 Å². The maximum Gasteiger partial charge on any atom is 0.358 e. The van der Waals surface area contributed by atoms with E-state index >= 15 is 0 Å². The SMILES string of the molecule is C=Nc1cc(C(N)=O)cc(OC)c1N(C/C=C/Cn1c(NC)nc2cc(C(N)=O)cc(OC/C=C/Cn3cc(N)c(C(=O)O)n3)c21)CNC(=O)c1cc(C)nn1CC.CCn1nc(C)cc1C=O. The Morgan fingerprint density at radius 2 is 1.56 bits per heavy atom. The predicted molar refractivity (Wildman–Crippen MR) is 256 cm³/mol. The van der Waals surface area contributed by atoms with Gasteiger partial charge >= 0.3 is 5.97 Å². The molecule has 0 aliphatic rings. The first kappa shape index (κ1) is 50.2. The molecule has 0 bridgehead atoms. The van der Waals surface area contributed by atoms with Gasteiger partial charge in [-0.1, -0.05) is 18.2 Å². The minimum atomic E-state index is -1.22. The van der Waals surface area contributed by atoms with Crippen molar-refractivity contribution in [1.82, 2.24) is 44.2 Å². The van der Waals surface area contributed by atoms with Crippen LogP contribution in [-0.4, -0.2) is 115 Å². The molecule has 68 heavy (non-hydrogen) atoms. The zero-order valence-electron chi connectivity index (χ0n) is 38.6. The van der Waals surface area contributed by atoms with E-state index in [9.17, 15) is 29.1 Å². The van der Waals surface area contributed by atoms with E-state index < -0.39 is 17.8 Å². The number of nitrogens with zero attached hydrogens (tertiary/aromatic N) is 10. The molecule has 23 nitrogen and oxygen atoms in total. The highest BCUT2D eigenvalue weighted by atomic mass is 16.5. The minimum Gasteiger partial charge on any atom is -0.494 e. The number of nitrogens with two attached hydrogens (primary N) is 3. The number of anilines is 3. The van der Waals surface area contributed by atoms with Gasteiger partial charge in [0.2, 0.25) is 17.8 Å². The topological polar surface area (TPSA) is 313 Å². The average Bonchev–Trinajstić information content (AvgIpc) is 4.10. The first-order valence-corrected chi connectivity index (χ1v) is 21.1. The zero-order chi connectivity index (χ0) is 49.7. The van der Waals surface area contributed by atoms with Crippen molar-refractivity contribution in [2.24, 2.45) is 16.5 Å². The summed E-state index contributed by atoms with van der Waals surface area (Å²) in [4.78, 5) is 70.0. The maximum atomic E-state index is 13.4. The maximum absolute atomic E-state index is 13.4. The number of methoxy groups -OCH3 is 1. The van der Waals surface area contributed by atoms with Gasteiger partial charge in [-0.3, -0.25) is 38.2 Å². The molecule has 6 rings (SSSR count). The molecule has 0 aliphatic carbocycles. The van der Waals surface area contributed by atoms with Crippen LogP contribution in [0.5, 0.6) is 11.5 Å². The third-order valence-corrected chi connectivity index (χ3v) is 10.1. The van der Waals surface area contributed by atoms with Crippen molar-refractivity contribution in [3.63, 3.8) is 0 Å². The van der Waals surface area contributed by atoms with E-state index in [1.54, 1.807) is 58.6 Å². The molecule has 0 spiro atoms. The van der Waals surface area contributed by atoms with E-state index in [4.69, 9.17) is 26.7 Å². The number of carbonyl (C=O) groups is 5. The van der Waals surface area contributed by atoms with E-state index in [0.717, 1.165) is 18.5 Å². The predicted octanol–water partition coefficient (Wildman–Crippen LogP) is 3.73. The van der Waals surface area contributed by atoms with Crippen molar-refractivity contribution in [2.75, 3.05) is 49.9 Å². The van der Waals surface area contributed by atoms with Gasteiger partial charge in [-0.25, -0.2) is 9.78 Å². The Morgan fingerprint density at radius 3 is 2.16 bits per heavy atom. The largest absolute Gasteiger partial charge is 0.494 e. The number of amides is 3. The number of aromatic nitrogens is 8. The molecule has 3 amide bonds. The number of ether oxygens (including phenoxy) is 2. The summed E-state index contributed by atoms with van der Waals surface area (Å²) < 4.78 is 18.3.